The molecule has 0 N–H and O–H groups in total. The maximum atomic E-state index is 14.1. The molecule has 1 aliphatic heterocycles. The standard InChI is InChI=1S/C33H35N3O3S/c1-8-17-35-22(7)26(25-12-10-11-20(5)29(25)35)18-27-31(37)36-30(24-15-13-23(14-16-24)19(3)4)28(32(38)39-9-2)21(6)34-33(36)40-27/h8,10-16,18-19,30H,1,9,17H2,2-7H3/b27-18-/t30-/m0/s1. The fourth-order valence-corrected chi connectivity index (χ4v) is 6.61. The Hall–Kier alpha value is -3.97. The number of aryl methyl sites for hydroxylation is 1. The third-order valence-corrected chi connectivity index (χ3v) is 8.60. The summed E-state index contributed by atoms with van der Waals surface area (Å²) in [7, 11) is 0. The Morgan fingerprint density at radius 3 is 2.52 bits per heavy atom. The van der Waals surface area contributed by atoms with Crippen molar-refractivity contribution in [2.45, 2.75) is 60.0 Å². The molecule has 0 saturated carbocycles. The second-order valence-electron chi connectivity index (χ2n) is 10.5. The molecule has 7 heteroatoms. The minimum Gasteiger partial charge on any atom is -0.463 e. The predicted molar refractivity (Wildman–Crippen MR) is 163 cm³/mol. The second kappa shape index (κ2) is 10.9. The van der Waals surface area contributed by atoms with Crippen LogP contribution in [-0.4, -0.2) is 21.7 Å². The molecule has 0 saturated heterocycles. The van der Waals surface area contributed by atoms with Gasteiger partial charge in [0.2, 0.25) is 0 Å². The van der Waals surface area contributed by atoms with E-state index in [4.69, 9.17) is 9.73 Å². The number of carbonyl (C=O) groups is 1. The van der Waals surface area contributed by atoms with E-state index in [2.05, 4.69) is 63.1 Å². The van der Waals surface area contributed by atoms with E-state index in [0.29, 0.717) is 33.1 Å². The summed E-state index contributed by atoms with van der Waals surface area (Å²) in [5.74, 6) is -0.0808. The number of hydrogen-bond acceptors (Lipinski definition) is 5. The normalized spacial score (nSPS) is 15.5. The van der Waals surface area contributed by atoms with Gasteiger partial charge in [-0.2, -0.15) is 0 Å². The molecule has 1 atom stereocenters. The summed E-state index contributed by atoms with van der Waals surface area (Å²) >= 11 is 1.35. The Balaban J connectivity index is 1.76. The van der Waals surface area contributed by atoms with Gasteiger partial charge in [0.25, 0.3) is 5.56 Å². The topological polar surface area (TPSA) is 65.6 Å². The molecule has 0 aliphatic carbocycles. The van der Waals surface area contributed by atoms with Crippen LogP contribution in [0.15, 0.2) is 76.2 Å². The van der Waals surface area contributed by atoms with Gasteiger partial charge in [0.05, 0.1) is 34.0 Å². The van der Waals surface area contributed by atoms with Gasteiger partial charge in [-0.3, -0.25) is 9.36 Å². The number of rotatable bonds is 7. The first-order valence-electron chi connectivity index (χ1n) is 13.7. The summed E-state index contributed by atoms with van der Waals surface area (Å²) in [6.45, 7) is 16.9. The van der Waals surface area contributed by atoms with E-state index < -0.39 is 12.0 Å². The van der Waals surface area contributed by atoms with Gasteiger partial charge >= 0.3 is 5.97 Å². The maximum Gasteiger partial charge on any atom is 0.338 e. The van der Waals surface area contributed by atoms with Crippen LogP contribution in [0.2, 0.25) is 0 Å². The Bertz CT molecular complexity index is 1850. The second-order valence-corrected chi connectivity index (χ2v) is 11.5. The Kier molecular flexibility index (Phi) is 7.51. The van der Waals surface area contributed by atoms with Gasteiger partial charge in [0.15, 0.2) is 4.80 Å². The minimum absolute atomic E-state index is 0.173. The summed E-state index contributed by atoms with van der Waals surface area (Å²) in [6, 6.07) is 13.8. The average Bonchev–Trinajstić information content (AvgIpc) is 3.37. The number of hydrogen-bond donors (Lipinski definition) is 0. The van der Waals surface area contributed by atoms with Gasteiger partial charge in [0, 0.05) is 23.2 Å². The number of benzene rings is 2. The molecule has 0 unspecified atom stereocenters. The number of nitrogens with zero attached hydrogens (tertiary/aromatic N) is 3. The first-order valence-corrected chi connectivity index (χ1v) is 14.5. The highest BCUT2D eigenvalue weighted by Crippen LogP contribution is 2.32. The first-order chi connectivity index (χ1) is 19.2. The third-order valence-electron chi connectivity index (χ3n) is 7.62. The van der Waals surface area contributed by atoms with E-state index in [9.17, 15) is 9.59 Å². The number of carbonyl (C=O) groups excluding carboxylic acids is 1. The molecule has 2 aromatic carbocycles. The van der Waals surface area contributed by atoms with Crippen LogP contribution in [0.1, 0.15) is 67.6 Å². The van der Waals surface area contributed by atoms with Crippen LogP contribution in [0, 0.1) is 13.8 Å². The van der Waals surface area contributed by atoms with Crippen LogP contribution in [0.5, 0.6) is 0 Å². The average molecular weight is 554 g/mol. The summed E-state index contributed by atoms with van der Waals surface area (Å²) in [6.07, 6.45) is 3.86. The van der Waals surface area contributed by atoms with Crippen molar-refractivity contribution in [2.75, 3.05) is 6.61 Å². The molecule has 5 rings (SSSR count). The number of esters is 1. The molecule has 0 fully saturated rings. The smallest absolute Gasteiger partial charge is 0.338 e. The molecule has 4 aromatic rings. The van der Waals surface area contributed by atoms with Crippen molar-refractivity contribution in [1.82, 2.24) is 9.13 Å². The minimum atomic E-state index is -0.621. The predicted octanol–water partition coefficient (Wildman–Crippen LogP) is 5.68. The molecule has 0 bridgehead atoms. The van der Waals surface area contributed by atoms with E-state index in [0.717, 1.165) is 27.7 Å². The van der Waals surface area contributed by atoms with Crippen molar-refractivity contribution in [3.63, 3.8) is 0 Å². The van der Waals surface area contributed by atoms with Crippen molar-refractivity contribution in [2.24, 2.45) is 4.99 Å². The van der Waals surface area contributed by atoms with Gasteiger partial charge in [-0.15, -0.1) is 6.58 Å². The lowest BCUT2D eigenvalue weighted by Crippen LogP contribution is -2.40. The van der Waals surface area contributed by atoms with Crippen LogP contribution < -0.4 is 14.9 Å². The van der Waals surface area contributed by atoms with Crippen LogP contribution >= 0.6 is 11.3 Å². The largest absolute Gasteiger partial charge is 0.463 e. The maximum absolute atomic E-state index is 14.1. The van der Waals surface area contributed by atoms with E-state index >= 15 is 0 Å². The molecule has 6 nitrogen and oxygen atoms in total. The highest BCUT2D eigenvalue weighted by atomic mass is 32.1. The zero-order valence-electron chi connectivity index (χ0n) is 23.9. The zero-order chi connectivity index (χ0) is 28.7. The number of ether oxygens (including phenoxy) is 1. The van der Waals surface area contributed by atoms with Crippen molar-refractivity contribution in [3.8, 4) is 0 Å². The Morgan fingerprint density at radius 2 is 1.88 bits per heavy atom. The number of fused-ring (bicyclic) bond motifs is 2. The van der Waals surface area contributed by atoms with Crippen molar-refractivity contribution < 1.29 is 9.53 Å². The van der Waals surface area contributed by atoms with E-state index in [1.807, 2.05) is 37.3 Å². The van der Waals surface area contributed by atoms with Gasteiger partial charge < -0.3 is 9.30 Å². The number of thiazole rings is 1. The number of para-hydroxylation sites is 1. The van der Waals surface area contributed by atoms with Crippen molar-refractivity contribution in [3.05, 3.63) is 114 Å². The summed E-state index contributed by atoms with van der Waals surface area (Å²) < 4.78 is 9.90. The summed E-state index contributed by atoms with van der Waals surface area (Å²) in [5.41, 5.74) is 7.22. The van der Waals surface area contributed by atoms with Gasteiger partial charge in [-0.1, -0.05) is 73.7 Å². The number of aromatic nitrogens is 2. The molecule has 1 aliphatic rings. The van der Waals surface area contributed by atoms with E-state index in [-0.39, 0.29) is 12.2 Å². The first kappa shape index (κ1) is 27.6. The highest BCUT2D eigenvalue weighted by Gasteiger charge is 2.33. The third kappa shape index (κ3) is 4.58. The fourth-order valence-electron chi connectivity index (χ4n) is 5.58. The Morgan fingerprint density at radius 1 is 1.15 bits per heavy atom. The molecule has 0 spiro atoms. The van der Waals surface area contributed by atoms with Gasteiger partial charge in [-0.05, 0) is 56.4 Å². The van der Waals surface area contributed by atoms with E-state index in [1.165, 1.54) is 22.5 Å². The van der Waals surface area contributed by atoms with Gasteiger partial charge in [-0.25, -0.2) is 9.79 Å². The summed E-state index contributed by atoms with van der Waals surface area (Å²) in [4.78, 5) is 32.6. The van der Waals surface area contributed by atoms with E-state index in [1.54, 1.807) is 11.5 Å². The fraction of sp³-hybridized carbons (Fsp3) is 0.303. The lowest BCUT2D eigenvalue weighted by atomic mass is 9.93. The van der Waals surface area contributed by atoms with Crippen molar-refractivity contribution >= 4 is 34.3 Å². The lowest BCUT2D eigenvalue weighted by Gasteiger charge is -2.25. The number of allylic oxidation sites excluding steroid dienone is 2. The molecule has 0 amide bonds. The summed E-state index contributed by atoms with van der Waals surface area (Å²) in [5, 5.41) is 1.09. The highest BCUT2D eigenvalue weighted by molar-refractivity contribution is 7.07. The molecular weight excluding hydrogens is 518 g/mol. The van der Waals surface area contributed by atoms with Crippen LogP contribution in [0.3, 0.4) is 0 Å². The SMILES string of the molecule is C=CCn1c(C)c(/C=c2\sc3n(c2=O)[C@@H](c2ccc(C(C)C)cc2)C(C(=O)OCC)=C(C)N=3)c2cccc(C)c21. The van der Waals surface area contributed by atoms with Crippen molar-refractivity contribution in [1.29, 1.82) is 0 Å². The molecule has 3 heterocycles. The quantitative estimate of drug-likeness (QED) is 0.219. The molecule has 40 heavy (non-hydrogen) atoms. The Labute approximate surface area is 238 Å². The monoisotopic (exact) mass is 553 g/mol. The van der Waals surface area contributed by atoms with Gasteiger partial charge in [0.1, 0.15) is 0 Å². The molecular formula is C33H35N3O3S. The molecule has 0 radical (unpaired) electrons. The van der Waals surface area contributed by atoms with Crippen LogP contribution in [0.25, 0.3) is 17.0 Å². The molecule has 2 aromatic heterocycles. The van der Waals surface area contributed by atoms with Crippen LogP contribution in [-0.2, 0) is 16.1 Å². The zero-order valence-corrected chi connectivity index (χ0v) is 24.8. The lowest BCUT2D eigenvalue weighted by molar-refractivity contribution is -0.139. The molecule has 206 valence electrons. The van der Waals surface area contributed by atoms with Crippen LogP contribution in [0.4, 0.5) is 0 Å².